The van der Waals surface area contributed by atoms with E-state index in [0.717, 1.165) is 48.4 Å². The topological polar surface area (TPSA) is 18.5 Å². The highest BCUT2D eigenvalue weighted by Gasteiger charge is 2.22. The van der Waals surface area contributed by atoms with Crippen LogP contribution in [0.2, 0.25) is 0 Å². The number of ether oxygens (including phenoxy) is 2. The van der Waals surface area contributed by atoms with Crippen LogP contribution in [0, 0.1) is 23.7 Å². The molecule has 2 aliphatic carbocycles. The van der Waals surface area contributed by atoms with Crippen molar-refractivity contribution in [1.82, 2.24) is 0 Å². The van der Waals surface area contributed by atoms with Crippen molar-refractivity contribution >= 4 is 0 Å². The van der Waals surface area contributed by atoms with Crippen molar-refractivity contribution in [2.45, 2.75) is 117 Å². The van der Waals surface area contributed by atoms with Gasteiger partial charge in [-0.3, -0.25) is 0 Å². The average Bonchev–Trinajstić information content (AvgIpc) is 2.85. The molecule has 2 nitrogen and oxygen atoms in total. The third-order valence-electron chi connectivity index (χ3n) is 8.20. The first kappa shape index (κ1) is 25.4. The summed E-state index contributed by atoms with van der Waals surface area (Å²) < 4.78 is 12.1. The van der Waals surface area contributed by atoms with Gasteiger partial charge in [-0.1, -0.05) is 90.9 Å². The Labute approximate surface area is 198 Å². The minimum absolute atomic E-state index is 0.741. The molecule has 0 aliphatic heterocycles. The molecule has 2 fully saturated rings. The maximum atomic E-state index is 6.10. The van der Waals surface area contributed by atoms with Gasteiger partial charge in [-0.2, -0.15) is 0 Å². The molecule has 0 N–H and O–H groups in total. The molecule has 32 heavy (non-hydrogen) atoms. The lowest BCUT2D eigenvalue weighted by atomic mass is 9.78. The van der Waals surface area contributed by atoms with Crippen LogP contribution >= 0.6 is 0 Å². The molecule has 0 saturated heterocycles. The van der Waals surface area contributed by atoms with Crippen LogP contribution in [0.1, 0.15) is 117 Å². The second kappa shape index (κ2) is 14.9. The van der Waals surface area contributed by atoms with Crippen molar-refractivity contribution in [1.29, 1.82) is 0 Å². The normalized spacial score (nSPS) is 26.1. The molecule has 2 saturated carbocycles. The maximum absolute atomic E-state index is 6.10. The fourth-order valence-electron chi connectivity index (χ4n) is 5.89. The minimum Gasteiger partial charge on any atom is -0.494 e. The highest BCUT2D eigenvalue weighted by Crippen LogP contribution is 2.34. The van der Waals surface area contributed by atoms with Crippen molar-refractivity contribution in [3.8, 4) is 11.5 Å². The van der Waals surface area contributed by atoms with Crippen LogP contribution in [0.25, 0.3) is 0 Å². The van der Waals surface area contributed by atoms with E-state index in [1.54, 1.807) is 0 Å². The summed E-state index contributed by atoms with van der Waals surface area (Å²) in [6.45, 7) is 6.33. The van der Waals surface area contributed by atoms with Crippen molar-refractivity contribution in [2.75, 3.05) is 13.2 Å². The van der Waals surface area contributed by atoms with Crippen molar-refractivity contribution in [3.63, 3.8) is 0 Å². The zero-order chi connectivity index (χ0) is 22.4. The van der Waals surface area contributed by atoms with Crippen molar-refractivity contribution in [3.05, 3.63) is 24.3 Å². The quantitative estimate of drug-likeness (QED) is 0.267. The van der Waals surface area contributed by atoms with E-state index in [-0.39, 0.29) is 0 Å². The lowest BCUT2D eigenvalue weighted by molar-refractivity contribution is 0.178. The summed E-state index contributed by atoms with van der Waals surface area (Å²) in [7, 11) is 0. The van der Waals surface area contributed by atoms with E-state index >= 15 is 0 Å². The lowest BCUT2D eigenvalue weighted by Gasteiger charge is -2.28. The average molecular weight is 443 g/mol. The Balaban J connectivity index is 1.23. The molecule has 0 spiro atoms. The summed E-state index contributed by atoms with van der Waals surface area (Å²) in [5, 5.41) is 0. The molecule has 182 valence electrons. The molecule has 0 heterocycles. The summed E-state index contributed by atoms with van der Waals surface area (Å²) in [5.41, 5.74) is 0. The highest BCUT2D eigenvalue weighted by atomic mass is 16.5. The third kappa shape index (κ3) is 9.36. The van der Waals surface area contributed by atoms with Gasteiger partial charge in [-0.05, 0) is 73.6 Å². The number of rotatable bonds is 14. The second-order valence-electron chi connectivity index (χ2n) is 10.8. The van der Waals surface area contributed by atoms with Gasteiger partial charge in [-0.15, -0.1) is 0 Å². The Morgan fingerprint density at radius 1 is 0.562 bits per heavy atom. The van der Waals surface area contributed by atoms with Crippen LogP contribution in [0.4, 0.5) is 0 Å². The molecule has 0 aromatic heterocycles. The number of hydrogen-bond acceptors (Lipinski definition) is 2. The molecule has 3 rings (SSSR count). The van der Waals surface area contributed by atoms with Crippen LogP contribution in [0.15, 0.2) is 24.3 Å². The summed E-state index contributed by atoms with van der Waals surface area (Å²) in [6.07, 6.45) is 22.3. The van der Waals surface area contributed by atoms with E-state index in [1.165, 1.54) is 103 Å². The Kier molecular flexibility index (Phi) is 11.8. The van der Waals surface area contributed by atoms with Gasteiger partial charge >= 0.3 is 0 Å². The van der Waals surface area contributed by atoms with E-state index in [9.17, 15) is 0 Å². The molecule has 1 aromatic carbocycles. The molecular weight excluding hydrogens is 392 g/mol. The summed E-state index contributed by atoms with van der Waals surface area (Å²) in [6, 6.07) is 8.32. The minimum atomic E-state index is 0.741. The van der Waals surface area contributed by atoms with Gasteiger partial charge in [0, 0.05) is 0 Å². The van der Waals surface area contributed by atoms with E-state index < -0.39 is 0 Å². The Morgan fingerprint density at radius 3 is 1.44 bits per heavy atom. The first-order valence-corrected chi connectivity index (χ1v) is 14.1. The molecule has 0 bridgehead atoms. The standard InChI is InChI=1S/C30H50O2/c1-3-5-8-25-11-13-27(14-12-25)10-7-23-31-29-19-21-30(22-20-29)32-24-28-17-15-26(16-18-28)9-6-4-2/h19-22,25-28H,3-18,23-24H2,1-2H3/t25-,26-,27-,28-. The third-order valence-corrected chi connectivity index (χ3v) is 8.20. The van der Waals surface area contributed by atoms with Crippen LogP contribution in [-0.4, -0.2) is 13.2 Å². The molecule has 0 amide bonds. The van der Waals surface area contributed by atoms with Gasteiger partial charge in [0.15, 0.2) is 0 Å². The summed E-state index contributed by atoms with van der Waals surface area (Å²) in [4.78, 5) is 0. The lowest BCUT2D eigenvalue weighted by Crippen LogP contribution is -2.20. The predicted octanol–water partition coefficient (Wildman–Crippen LogP) is 9.22. The SMILES string of the molecule is CCCC[C@H]1CC[C@H](CCCOc2ccc(OC[C@H]3CC[C@H](CCCC)CC3)cc2)CC1. The first-order chi connectivity index (χ1) is 15.8. The van der Waals surface area contributed by atoms with Gasteiger partial charge in [0.25, 0.3) is 0 Å². The number of benzene rings is 1. The van der Waals surface area contributed by atoms with Crippen LogP contribution in [0.5, 0.6) is 11.5 Å². The largest absolute Gasteiger partial charge is 0.494 e. The maximum Gasteiger partial charge on any atom is 0.119 e. The molecule has 0 atom stereocenters. The number of unbranched alkanes of at least 4 members (excludes halogenated alkanes) is 2. The first-order valence-electron chi connectivity index (χ1n) is 14.1. The van der Waals surface area contributed by atoms with E-state index in [0.29, 0.717) is 0 Å². The molecule has 0 radical (unpaired) electrons. The zero-order valence-corrected chi connectivity index (χ0v) is 21.2. The van der Waals surface area contributed by atoms with Crippen molar-refractivity contribution < 1.29 is 9.47 Å². The Bertz CT molecular complexity index is 579. The predicted molar refractivity (Wildman–Crippen MR) is 137 cm³/mol. The Hall–Kier alpha value is -1.18. The monoisotopic (exact) mass is 442 g/mol. The second-order valence-corrected chi connectivity index (χ2v) is 10.8. The molecule has 1 aromatic rings. The zero-order valence-electron chi connectivity index (χ0n) is 21.2. The fraction of sp³-hybridized carbons (Fsp3) is 0.800. The molecule has 0 unspecified atom stereocenters. The van der Waals surface area contributed by atoms with E-state index in [4.69, 9.17) is 9.47 Å². The van der Waals surface area contributed by atoms with Gasteiger partial charge in [-0.25, -0.2) is 0 Å². The summed E-state index contributed by atoms with van der Waals surface area (Å²) >= 11 is 0. The fourth-order valence-corrected chi connectivity index (χ4v) is 5.89. The summed E-state index contributed by atoms with van der Waals surface area (Å²) in [5.74, 6) is 5.65. The van der Waals surface area contributed by atoms with E-state index in [2.05, 4.69) is 38.1 Å². The molecular formula is C30H50O2. The van der Waals surface area contributed by atoms with Gasteiger partial charge in [0.1, 0.15) is 11.5 Å². The van der Waals surface area contributed by atoms with Gasteiger partial charge in [0.2, 0.25) is 0 Å². The van der Waals surface area contributed by atoms with E-state index in [1.807, 2.05) is 0 Å². The smallest absolute Gasteiger partial charge is 0.119 e. The van der Waals surface area contributed by atoms with Crippen LogP contribution in [-0.2, 0) is 0 Å². The Morgan fingerprint density at radius 2 is 0.969 bits per heavy atom. The van der Waals surface area contributed by atoms with Crippen molar-refractivity contribution in [2.24, 2.45) is 23.7 Å². The number of hydrogen-bond donors (Lipinski definition) is 0. The molecule has 2 heteroatoms. The van der Waals surface area contributed by atoms with Gasteiger partial charge < -0.3 is 9.47 Å². The van der Waals surface area contributed by atoms with Crippen LogP contribution < -0.4 is 9.47 Å². The molecule has 2 aliphatic rings. The van der Waals surface area contributed by atoms with Crippen LogP contribution in [0.3, 0.4) is 0 Å². The highest BCUT2D eigenvalue weighted by molar-refractivity contribution is 5.31. The van der Waals surface area contributed by atoms with Gasteiger partial charge in [0.05, 0.1) is 13.2 Å².